The van der Waals surface area contributed by atoms with Crippen molar-refractivity contribution >= 4 is 37.0 Å². The first-order valence-corrected chi connectivity index (χ1v) is 13.6. The monoisotopic (exact) mass is 575 g/mol. The summed E-state index contributed by atoms with van der Waals surface area (Å²) in [6, 6.07) is 0. The van der Waals surface area contributed by atoms with Crippen LogP contribution in [0.5, 0.6) is 5.88 Å². The summed E-state index contributed by atoms with van der Waals surface area (Å²) < 4.78 is 40.5. The molecule has 3 rings (SSSR count). The Morgan fingerprint density at radius 3 is 2.05 bits per heavy atom. The fourth-order valence-corrected chi connectivity index (χ4v) is 4.73. The number of fused-ring (bicyclic) bond motifs is 1. The molecule has 1 atom stereocenters. The standard InChI is InChI=1S/C22H34N5O11P/c1-12(2)36-18(29)34-9-22(39(31,32)33,10-35-19(30)37-13(3)4)38-21(7-20(21,5)6)8-27-11-24-14-15(27)25-17(23)26-16(14)28/h11-13H,7-10H2,1-6H3,(H2,31,32,33)(H3,23,25,26,28). The topological polar surface area (TPSA) is 228 Å². The molecule has 17 heteroatoms. The number of ether oxygens (including phenoxy) is 5. The number of hydrogen-bond acceptors (Lipinski definition) is 13. The lowest BCUT2D eigenvalue weighted by atomic mass is 10.1. The van der Waals surface area contributed by atoms with Crippen molar-refractivity contribution in [3.63, 3.8) is 0 Å². The smallest absolute Gasteiger partial charge is 0.492 e. The summed E-state index contributed by atoms with van der Waals surface area (Å²) in [5, 5.41) is 7.44. The summed E-state index contributed by atoms with van der Waals surface area (Å²) in [5.41, 5.74) is 3.89. The number of anilines is 1. The Labute approximate surface area is 223 Å². The summed E-state index contributed by atoms with van der Waals surface area (Å²) in [5.74, 6) is -0.662. The average Bonchev–Trinajstić information content (AvgIpc) is 3.07. The summed E-state index contributed by atoms with van der Waals surface area (Å²) >= 11 is 0. The third-order valence-corrected chi connectivity index (χ3v) is 7.55. The Morgan fingerprint density at radius 1 is 1.10 bits per heavy atom. The van der Waals surface area contributed by atoms with Crippen molar-refractivity contribution in [1.82, 2.24) is 19.5 Å². The van der Waals surface area contributed by atoms with Gasteiger partial charge in [0.05, 0.1) is 30.7 Å². The van der Waals surface area contributed by atoms with Crippen molar-refractivity contribution in [2.45, 2.75) is 77.7 Å². The molecular formula is C22H34N5O11P. The minimum Gasteiger partial charge on any atom is -0.492 e. The SMILES string of the molecule is CC(C)OC(=O)OCC(COC(=O)OC(C)C)(OC1(Cn2cnc3c(O)nc(N)nc32)CC1(C)C)P(=O)(O)O. The van der Waals surface area contributed by atoms with Crippen LogP contribution in [0.2, 0.25) is 0 Å². The van der Waals surface area contributed by atoms with E-state index in [0.29, 0.717) is 0 Å². The summed E-state index contributed by atoms with van der Waals surface area (Å²) in [7, 11) is -5.35. The van der Waals surface area contributed by atoms with Crippen LogP contribution in [0.3, 0.4) is 0 Å². The van der Waals surface area contributed by atoms with Gasteiger partial charge in [-0.25, -0.2) is 14.6 Å². The molecule has 0 aliphatic heterocycles. The molecular weight excluding hydrogens is 541 g/mol. The molecule has 0 radical (unpaired) electrons. The third kappa shape index (κ3) is 6.69. The molecule has 0 bridgehead atoms. The van der Waals surface area contributed by atoms with Gasteiger partial charge in [0.2, 0.25) is 17.2 Å². The molecule has 1 fully saturated rings. The van der Waals surface area contributed by atoms with Gasteiger partial charge in [-0.2, -0.15) is 9.97 Å². The van der Waals surface area contributed by atoms with E-state index < -0.39 is 67.6 Å². The summed E-state index contributed by atoms with van der Waals surface area (Å²) in [6.07, 6.45) is -1.94. The first-order valence-electron chi connectivity index (χ1n) is 12.0. The lowest BCUT2D eigenvalue weighted by Crippen LogP contribution is -2.49. The van der Waals surface area contributed by atoms with Gasteiger partial charge < -0.3 is 48.9 Å². The van der Waals surface area contributed by atoms with Crippen molar-refractivity contribution in [2.24, 2.45) is 5.41 Å². The minimum atomic E-state index is -5.35. The number of rotatable bonds is 11. The lowest BCUT2D eigenvalue weighted by Gasteiger charge is -2.37. The Kier molecular flexibility index (Phi) is 8.37. The van der Waals surface area contributed by atoms with Gasteiger partial charge in [-0.1, -0.05) is 13.8 Å². The largest absolute Gasteiger partial charge is 0.508 e. The number of imidazole rings is 1. The maximum Gasteiger partial charge on any atom is 0.508 e. The predicted octanol–water partition coefficient (Wildman–Crippen LogP) is 2.30. The Morgan fingerprint density at radius 2 is 1.62 bits per heavy atom. The van der Waals surface area contributed by atoms with E-state index in [-0.39, 0.29) is 30.1 Å². The predicted molar refractivity (Wildman–Crippen MR) is 134 cm³/mol. The minimum absolute atomic E-state index is 0.0542. The number of carbonyl (C=O) groups is 2. The van der Waals surface area contributed by atoms with E-state index in [4.69, 9.17) is 29.4 Å². The normalized spacial score (nSPS) is 18.8. The van der Waals surface area contributed by atoms with Crippen LogP contribution in [-0.4, -0.2) is 83.1 Å². The molecule has 0 aromatic carbocycles. The molecule has 0 amide bonds. The molecule has 2 heterocycles. The van der Waals surface area contributed by atoms with Gasteiger partial charge in [0.25, 0.3) is 0 Å². The Balaban J connectivity index is 2.00. The second-order valence-electron chi connectivity index (χ2n) is 10.5. The second kappa shape index (κ2) is 10.8. The van der Waals surface area contributed by atoms with Crippen molar-refractivity contribution < 1.29 is 52.7 Å². The number of nitrogens with two attached hydrogens (primary N) is 1. The van der Waals surface area contributed by atoms with E-state index in [0.717, 1.165) is 0 Å². The van der Waals surface area contributed by atoms with E-state index in [9.17, 15) is 29.0 Å². The first-order chi connectivity index (χ1) is 17.9. The van der Waals surface area contributed by atoms with Crippen LogP contribution < -0.4 is 5.73 Å². The van der Waals surface area contributed by atoms with E-state index in [2.05, 4.69) is 15.0 Å². The molecule has 5 N–H and O–H groups in total. The zero-order chi connectivity index (χ0) is 29.4. The van der Waals surface area contributed by atoms with Gasteiger partial charge in [0, 0.05) is 0 Å². The number of aromatic hydroxyl groups is 1. The van der Waals surface area contributed by atoms with E-state index in [1.54, 1.807) is 41.5 Å². The van der Waals surface area contributed by atoms with Gasteiger partial charge in [0.15, 0.2) is 11.2 Å². The molecule has 0 saturated heterocycles. The molecule has 0 spiro atoms. The fraction of sp³-hybridized carbons (Fsp3) is 0.682. The van der Waals surface area contributed by atoms with Crippen LogP contribution >= 0.6 is 7.60 Å². The fourth-order valence-electron chi connectivity index (χ4n) is 3.97. The highest BCUT2D eigenvalue weighted by molar-refractivity contribution is 7.53. The maximum atomic E-state index is 13.0. The third-order valence-electron chi connectivity index (χ3n) is 6.14. The van der Waals surface area contributed by atoms with Crippen LogP contribution in [0.1, 0.15) is 48.0 Å². The molecule has 16 nitrogen and oxygen atoms in total. The molecule has 2 aromatic rings. The number of hydrogen-bond donors (Lipinski definition) is 4. The average molecular weight is 576 g/mol. The zero-order valence-corrected chi connectivity index (χ0v) is 23.4. The van der Waals surface area contributed by atoms with Crippen molar-refractivity contribution in [3.05, 3.63) is 6.33 Å². The molecule has 218 valence electrons. The molecule has 1 saturated carbocycles. The van der Waals surface area contributed by atoms with Gasteiger partial charge in [0.1, 0.15) is 13.2 Å². The van der Waals surface area contributed by atoms with Crippen molar-refractivity contribution in [2.75, 3.05) is 18.9 Å². The molecule has 1 aliphatic rings. The van der Waals surface area contributed by atoms with E-state index in [1.165, 1.54) is 10.9 Å². The van der Waals surface area contributed by atoms with Gasteiger partial charge in [-0.05, 0) is 39.5 Å². The number of carbonyl (C=O) groups excluding carboxylic acids is 2. The molecule has 1 unspecified atom stereocenters. The second-order valence-corrected chi connectivity index (χ2v) is 12.4. The van der Waals surface area contributed by atoms with Crippen molar-refractivity contribution in [1.29, 1.82) is 0 Å². The number of nitrogens with zero attached hydrogens (tertiary/aromatic N) is 4. The Bertz CT molecular complexity index is 1250. The first kappa shape index (κ1) is 30.3. The van der Waals surface area contributed by atoms with Crippen molar-refractivity contribution in [3.8, 4) is 5.88 Å². The lowest BCUT2D eigenvalue weighted by molar-refractivity contribution is -0.143. The van der Waals surface area contributed by atoms with Crippen LogP contribution in [0.4, 0.5) is 15.5 Å². The van der Waals surface area contributed by atoms with E-state index >= 15 is 0 Å². The van der Waals surface area contributed by atoms with Crippen LogP contribution in [0.15, 0.2) is 6.33 Å². The summed E-state index contributed by atoms with van der Waals surface area (Å²) in [4.78, 5) is 57.1. The number of aromatic nitrogens is 4. The quantitative estimate of drug-likeness (QED) is 0.222. The molecule has 2 aromatic heterocycles. The van der Waals surface area contributed by atoms with Gasteiger partial charge in [-0.3, -0.25) is 4.57 Å². The number of nitrogen functional groups attached to an aromatic ring is 1. The summed E-state index contributed by atoms with van der Waals surface area (Å²) in [6.45, 7) is 7.72. The Hall–Kier alpha value is -3.20. The van der Waals surface area contributed by atoms with E-state index in [1.807, 2.05) is 0 Å². The van der Waals surface area contributed by atoms with Gasteiger partial charge >= 0.3 is 19.9 Å². The highest BCUT2D eigenvalue weighted by atomic mass is 31.2. The van der Waals surface area contributed by atoms with Gasteiger partial charge in [-0.15, -0.1) is 0 Å². The van der Waals surface area contributed by atoms with Crippen LogP contribution in [0.25, 0.3) is 11.2 Å². The highest BCUT2D eigenvalue weighted by Gasteiger charge is 2.69. The molecule has 39 heavy (non-hydrogen) atoms. The highest BCUT2D eigenvalue weighted by Crippen LogP contribution is 2.65. The maximum absolute atomic E-state index is 13.0. The molecule has 1 aliphatic carbocycles. The zero-order valence-electron chi connectivity index (χ0n) is 22.5. The van der Waals surface area contributed by atoms with Crippen LogP contribution in [0, 0.1) is 5.41 Å². The van der Waals surface area contributed by atoms with Crippen LogP contribution in [-0.2, 0) is 34.8 Å².